The van der Waals surface area contributed by atoms with Crippen molar-refractivity contribution < 1.29 is 14.6 Å². The lowest BCUT2D eigenvalue weighted by Gasteiger charge is -2.28. The van der Waals surface area contributed by atoms with Crippen LogP contribution in [0.5, 0.6) is 0 Å². The van der Waals surface area contributed by atoms with Gasteiger partial charge in [-0.1, -0.05) is 6.92 Å². The molecule has 0 amide bonds. The van der Waals surface area contributed by atoms with Gasteiger partial charge in [0.05, 0.1) is 19.8 Å². The molecule has 0 aromatic heterocycles. The number of unbranched alkanes of at least 4 members (excludes halogenated alkanes) is 1. The summed E-state index contributed by atoms with van der Waals surface area (Å²) in [6.45, 7) is 8.66. The average molecular weight is 259 g/mol. The molecule has 4 nitrogen and oxygen atoms in total. The molecule has 4 heteroatoms. The zero-order valence-electron chi connectivity index (χ0n) is 11.9. The van der Waals surface area contributed by atoms with Gasteiger partial charge in [-0.2, -0.15) is 0 Å². The SMILES string of the molecule is CCNC(C)(CO)CCCCOCC1CCOC1. The van der Waals surface area contributed by atoms with Crippen LogP contribution < -0.4 is 5.32 Å². The molecule has 1 heterocycles. The minimum absolute atomic E-state index is 0.131. The Labute approximate surface area is 111 Å². The first kappa shape index (κ1) is 15.9. The van der Waals surface area contributed by atoms with Crippen LogP contribution in [0.25, 0.3) is 0 Å². The van der Waals surface area contributed by atoms with Gasteiger partial charge in [0.1, 0.15) is 0 Å². The molecule has 2 atom stereocenters. The topological polar surface area (TPSA) is 50.7 Å². The lowest BCUT2D eigenvalue weighted by Crippen LogP contribution is -2.45. The molecule has 0 aliphatic carbocycles. The molecular formula is C14H29NO3. The molecule has 0 aromatic rings. The van der Waals surface area contributed by atoms with Crippen LogP contribution in [0.1, 0.15) is 39.5 Å². The maximum atomic E-state index is 9.36. The molecule has 108 valence electrons. The Bertz CT molecular complexity index is 207. The van der Waals surface area contributed by atoms with Gasteiger partial charge in [0.15, 0.2) is 0 Å². The fourth-order valence-electron chi connectivity index (χ4n) is 2.33. The van der Waals surface area contributed by atoms with Crippen molar-refractivity contribution >= 4 is 0 Å². The van der Waals surface area contributed by atoms with Gasteiger partial charge in [0, 0.05) is 24.7 Å². The first-order valence-electron chi connectivity index (χ1n) is 7.21. The fourth-order valence-corrected chi connectivity index (χ4v) is 2.33. The van der Waals surface area contributed by atoms with Crippen LogP contribution in [0.15, 0.2) is 0 Å². The number of aliphatic hydroxyl groups excluding tert-OH is 1. The van der Waals surface area contributed by atoms with Crippen LogP contribution in [-0.4, -0.2) is 50.2 Å². The fraction of sp³-hybridized carbons (Fsp3) is 1.00. The van der Waals surface area contributed by atoms with Crippen molar-refractivity contribution in [2.45, 2.75) is 45.1 Å². The number of hydrogen-bond acceptors (Lipinski definition) is 4. The van der Waals surface area contributed by atoms with E-state index in [9.17, 15) is 5.11 Å². The van der Waals surface area contributed by atoms with E-state index in [2.05, 4.69) is 19.2 Å². The van der Waals surface area contributed by atoms with Gasteiger partial charge < -0.3 is 19.9 Å². The zero-order valence-corrected chi connectivity index (χ0v) is 11.9. The number of ether oxygens (including phenoxy) is 2. The molecule has 1 aliphatic heterocycles. The molecule has 0 spiro atoms. The molecular weight excluding hydrogens is 230 g/mol. The van der Waals surface area contributed by atoms with Gasteiger partial charge in [0.2, 0.25) is 0 Å². The standard InChI is InChI=1S/C14H29NO3/c1-3-15-14(2,12-16)7-4-5-8-17-10-13-6-9-18-11-13/h13,15-16H,3-12H2,1-2H3. The van der Waals surface area contributed by atoms with Gasteiger partial charge in [-0.3, -0.25) is 0 Å². The summed E-state index contributed by atoms with van der Waals surface area (Å²) >= 11 is 0. The summed E-state index contributed by atoms with van der Waals surface area (Å²) in [6, 6.07) is 0. The van der Waals surface area contributed by atoms with Crippen molar-refractivity contribution in [1.29, 1.82) is 0 Å². The molecule has 2 N–H and O–H groups in total. The number of likely N-dealkylation sites (N-methyl/N-ethyl adjacent to an activating group) is 1. The Balaban J connectivity index is 1.96. The van der Waals surface area contributed by atoms with Crippen LogP contribution in [0, 0.1) is 5.92 Å². The predicted molar refractivity (Wildman–Crippen MR) is 72.8 cm³/mol. The summed E-state index contributed by atoms with van der Waals surface area (Å²) in [5.74, 6) is 0.606. The summed E-state index contributed by atoms with van der Waals surface area (Å²) < 4.78 is 11.0. The maximum absolute atomic E-state index is 9.36. The van der Waals surface area contributed by atoms with Crippen LogP contribution in [-0.2, 0) is 9.47 Å². The van der Waals surface area contributed by atoms with E-state index in [1.54, 1.807) is 0 Å². The minimum atomic E-state index is -0.131. The lowest BCUT2D eigenvalue weighted by atomic mass is 9.96. The lowest BCUT2D eigenvalue weighted by molar-refractivity contribution is 0.0845. The van der Waals surface area contributed by atoms with Crippen molar-refractivity contribution in [1.82, 2.24) is 5.32 Å². The van der Waals surface area contributed by atoms with Crippen molar-refractivity contribution in [3.63, 3.8) is 0 Å². The normalized spacial score (nSPS) is 23.2. The number of aliphatic hydroxyl groups is 1. The van der Waals surface area contributed by atoms with Gasteiger partial charge in [0.25, 0.3) is 0 Å². The minimum Gasteiger partial charge on any atom is -0.394 e. The van der Waals surface area contributed by atoms with E-state index >= 15 is 0 Å². The van der Waals surface area contributed by atoms with E-state index in [1.165, 1.54) is 0 Å². The van der Waals surface area contributed by atoms with E-state index in [4.69, 9.17) is 9.47 Å². The van der Waals surface area contributed by atoms with E-state index in [0.717, 1.165) is 58.7 Å². The Kier molecular flexibility index (Phi) is 7.82. The second-order valence-electron chi connectivity index (χ2n) is 5.51. The summed E-state index contributed by atoms with van der Waals surface area (Å²) in [7, 11) is 0. The highest BCUT2D eigenvalue weighted by Crippen LogP contribution is 2.14. The highest BCUT2D eigenvalue weighted by molar-refractivity contribution is 4.81. The molecule has 1 fully saturated rings. The first-order chi connectivity index (χ1) is 8.70. The average Bonchev–Trinajstić information content (AvgIpc) is 2.87. The molecule has 18 heavy (non-hydrogen) atoms. The Morgan fingerprint density at radius 3 is 2.89 bits per heavy atom. The van der Waals surface area contributed by atoms with Gasteiger partial charge in [-0.05, 0) is 39.2 Å². The smallest absolute Gasteiger partial charge is 0.0610 e. The molecule has 1 rings (SSSR count). The summed E-state index contributed by atoms with van der Waals surface area (Å²) in [6.07, 6.45) is 4.29. The summed E-state index contributed by atoms with van der Waals surface area (Å²) in [5, 5.41) is 12.7. The zero-order chi connectivity index (χ0) is 13.3. The predicted octanol–water partition coefficient (Wildman–Crippen LogP) is 1.57. The van der Waals surface area contributed by atoms with Gasteiger partial charge in [-0.15, -0.1) is 0 Å². The van der Waals surface area contributed by atoms with Crippen LogP contribution >= 0.6 is 0 Å². The Morgan fingerprint density at radius 2 is 2.28 bits per heavy atom. The molecule has 2 unspecified atom stereocenters. The van der Waals surface area contributed by atoms with Crippen LogP contribution in [0.2, 0.25) is 0 Å². The van der Waals surface area contributed by atoms with Crippen molar-refractivity contribution in [3.8, 4) is 0 Å². The van der Waals surface area contributed by atoms with Gasteiger partial charge >= 0.3 is 0 Å². The van der Waals surface area contributed by atoms with E-state index in [1.807, 2.05) is 0 Å². The Morgan fingerprint density at radius 1 is 1.44 bits per heavy atom. The largest absolute Gasteiger partial charge is 0.394 e. The van der Waals surface area contributed by atoms with Crippen LogP contribution in [0.4, 0.5) is 0 Å². The monoisotopic (exact) mass is 259 g/mol. The molecule has 1 aliphatic rings. The Hall–Kier alpha value is -0.160. The molecule has 0 radical (unpaired) electrons. The quantitative estimate of drug-likeness (QED) is 0.585. The van der Waals surface area contributed by atoms with Gasteiger partial charge in [-0.25, -0.2) is 0 Å². The van der Waals surface area contributed by atoms with E-state index < -0.39 is 0 Å². The number of rotatable bonds is 10. The van der Waals surface area contributed by atoms with E-state index in [0.29, 0.717) is 5.92 Å². The third-order valence-electron chi connectivity index (χ3n) is 3.60. The first-order valence-corrected chi connectivity index (χ1v) is 7.21. The molecule has 0 bridgehead atoms. The molecule has 0 saturated carbocycles. The highest BCUT2D eigenvalue weighted by atomic mass is 16.5. The third-order valence-corrected chi connectivity index (χ3v) is 3.60. The molecule has 0 aromatic carbocycles. The van der Waals surface area contributed by atoms with Crippen molar-refractivity contribution in [3.05, 3.63) is 0 Å². The summed E-state index contributed by atoms with van der Waals surface area (Å²) in [4.78, 5) is 0. The number of hydrogen-bond donors (Lipinski definition) is 2. The molecule has 1 saturated heterocycles. The second-order valence-corrected chi connectivity index (χ2v) is 5.51. The third kappa shape index (κ3) is 6.14. The second kappa shape index (κ2) is 8.86. The highest BCUT2D eigenvalue weighted by Gasteiger charge is 2.20. The number of nitrogens with one attached hydrogen (secondary N) is 1. The van der Waals surface area contributed by atoms with Crippen molar-refractivity contribution in [2.24, 2.45) is 5.92 Å². The van der Waals surface area contributed by atoms with E-state index in [-0.39, 0.29) is 12.1 Å². The summed E-state index contributed by atoms with van der Waals surface area (Å²) in [5.41, 5.74) is -0.131. The maximum Gasteiger partial charge on any atom is 0.0610 e. The van der Waals surface area contributed by atoms with Crippen LogP contribution in [0.3, 0.4) is 0 Å². The van der Waals surface area contributed by atoms with Crippen molar-refractivity contribution in [2.75, 3.05) is 39.6 Å².